The van der Waals surface area contributed by atoms with E-state index in [2.05, 4.69) is 24.5 Å². The van der Waals surface area contributed by atoms with Crippen molar-refractivity contribution in [2.24, 2.45) is 0 Å². The quantitative estimate of drug-likeness (QED) is 0.622. The molecule has 0 aliphatic rings. The normalized spacial score (nSPS) is 10.6. The standard InChI is InChI=1S/C23H21FN2O2/c1-15(2)16-10-12-19(13-11-16)25-22(27)17-6-5-7-18(14-17)23(28)26-21-9-4-3-8-20(21)24/h3-15H,1-2H3,(H,25,27)(H,26,28). The first kappa shape index (κ1) is 19.3. The van der Waals surface area contributed by atoms with Crippen LogP contribution in [0.4, 0.5) is 15.8 Å². The maximum atomic E-state index is 13.7. The maximum absolute atomic E-state index is 13.7. The Hall–Kier alpha value is -3.47. The van der Waals surface area contributed by atoms with E-state index in [1.165, 1.54) is 23.8 Å². The van der Waals surface area contributed by atoms with Crippen molar-refractivity contribution in [3.63, 3.8) is 0 Å². The Bertz CT molecular complexity index is 997. The van der Waals surface area contributed by atoms with E-state index >= 15 is 0 Å². The SMILES string of the molecule is CC(C)c1ccc(NC(=O)c2cccc(C(=O)Nc3ccccc3F)c2)cc1. The Morgan fingerprint density at radius 1 is 0.786 bits per heavy atom. The molecule has 0 aliphatic carbocycles. The lowest BCUT2D eigenvalue weighted by molar-refractivity contribution is 0.102. The molecule has 0 atom stereocenters. The average Bonchev–Trinajstić information content (AvgIpc) is 2.70. The zero-order chi connectivity index (χ0) is 20.1. The highest BCUT2D eigenvalue weighted by Gasteiger charge is 2.12. The van der Waals surface area contributed by atoms with Crippen LogP contribution in [-0.4, -0.2) is 11.8 Å². The summed E-state index contributed by atoms with van der Waals surface area (Å²) < 4.78 is 13.7. The molecule has 0 heterocycles. The number of hydrogen-bond donors (Lipinski definition) is 2. The van der Waals surface area contributed by atoms with Crippen LogP contribution in [0.15, 0.2) is 72.8 Å². The second kappa shape index (κ2) is 8.48. The van der Waals surface area contributed by atoms with Crippen LogP contribution in [0, 0.1) is 5.82 Å². The number of benzene rings is 3. The van der Waals surface area contributed by atoms with Crippen molar-refractivity contribution >= 4 is 23.2 Å². The molecule has 4 nitrogen and oxygen atoms in total. The molecule has 5 heteroatoms. The fourth-order valence-electron chi connectivity index (χ4n) is 2.71. The smallest absolute Gasteiger partial charge is 0.255 e. The van der Waals surface area contributed by atoms with E-state index in [4.69, 9.17) is 0 Å². The summed E-state index contributed by atoms with van der Waals surface area (Å²) in [6, 6.07) is 19.9. The number of hydrogen-bond acceptors (Lipinski definition) is 2. The summed E-state index contributed by atoms with van der Waals surface area (Å²) in [7, 11) is 0. The summed E-state index contributed by atoms with van der Waals surface area (Å²) in [6.07, 6.45) is 0. The Morgan fingerprint density at radius 2 is 1.39 bits per heavy atom. The Morgan fingerprint density at radius 3 is 2.00 bits per heavy atom. The van der Waals surface area contributed by atoms with Crippen LogP contribution < -0.4 is 10.6 Å². The topological polar surface area (TPSA) is 58.2 Å². The highest BCUT2D eigenvalue weighted by Crippen LogP contribution is 2.18. The first-order chi connectivity index (χ1) is 13.4. The minimum Gasteiger partial charge on any atom is -0.322 e. The van der Waals surface area contributed by atoms with E-state index in [0.717, 1.165) is 0 Å². The third-order valence-electron chi connectivity index (χ3n) is 4.34. The summed E-state index contributed by atoms with van der Waals surface area (Å²) in [4.78, 5) is 24.9. The number of para-hydroxylation sites is 1. The van der Waals surface area contributed by atoms with Crippen molar-refractivity contribution in [1.82, 2.24) is 0 Å². The van der Waals surface area contributed by atoms with Crippen LogP contribution in [0.2, 0.25) is 0 Å². The number of rotatable bonds is 5. The fourth-order valence-corrected chi connectivity index (χ4v) is 2.71. The van der Waals surface area contributed by atoms with Gasteiger partial charge in [-0.25, -0.2) is 4.39 Å². The Balaban J connectivity index is 1.72. The van der Waals surface area contributed by atoms with Gasteiger partial charge in [-0.2, -0.15) is 0 Å². The molecule has 0 aliphatic heterocycles. The van der Waals surface area contributed by atoms with Gasteiger partial charge in [-0.3, -0.25) is 9.59 Å². The van der Waals surface area contributed by atoms with Crippen molar-refractivity contribution in [2.75, 3.05) is 10.6 Å². The van der Waals surface area contributed by atoms with Gasteiger partial charge < -0.3 is 10.6 Å². The molecular weight excluding hydrogens is 355 g/mol. The van der Waals surface area contributed by atoms with Crippen LogP contribution >= 0.6 is 0 Å². The number of carbonyl (C=O) groups is 2. The van der Waals surface area contributed by atoms with Gasteiger partial charge in [-0.1, -0.05) is 44.2 Å². The number of nitrogens with one attached hydrogen (secondary N) is 2. The van der Waals surface area contributed by atoms with Gasteiger partial charge in [-0.15, -0.1) is 0 Å². The lowest BCUT2D eigenvalue weighted by Gasteiger charge is -2.10. The molecule has 2 N–H and O–H groups in total. The summed E-state index contributed by atoms with van der Waals surface area (Å²) in [5.41, 5.74) is 2.56. The largest absolute Gasteiger partial charge is 0.322 e. The molecule has 2 amide bonds. The number of anilines is 2. The molecule has 0 unspecified atom stereocenters. The molecule has 0 aromatic heterocycles. The van der Waals surface area contributed by atoms with Gasteiger partial charge in [0.15, 0.2) is 0 Å². The summed E-state index contributed by atoms with van der Waals surface area (Å²) in [6.45, 7) is 4.21. The number of halogens is 1. The predicted octanol–water partition coefficient (Wildman–Crippen LogP) is 5.45. The molecule has 28 heavy (non-hydrogen) atoms. The Kier molecular flexibility index (Phi) is 5.84. The van der Waals surface area contributed by atoms with E-state index in [-0.39, 0.29) is 17.2 Å². The molecule has 0 saturated heterocycles. The number of amides is 2. The van der Waals surface area contributed by atoms with Crippen molar-refractivity contribution in [1.29, 1.82) is 0 Å². The summed E-state index contributed by atoms with van der Waals surface area (Å²) >= 11 is 0. The lowest BCUT2D eigenvalue weighted by Crippen LogP contribution is -2.16. The zero-order valence-corrected chi connectivity index (χ0v) is 15.7. The minimum atomic E-state index is -0.519. The van der Waals surface area contributed by atoms with E-state index < -0.39 is 11.7 Å². The predicted molar refractivity (Wildman–Crippen MR) is 109 cm³/mol. The van der Waals surface area contributed by atoms with Gasteiger partial charge in [0.25, 0.3) is 11.8 Å². The third kappa shape index (κ3) is 4.62. The zero-order valence-electron chi connectivity index (χ0n) is 15.7. The molecule has 3 aromatic rings. The molecule has 0 saturated carbocycles. The van der Waals surface area contributed by atoms with E-state index in [1.54, 1.807) is 30.3 Å². The molecular formula is C23H21FN2O2. The molecule has 3 rings (SSSR count). The monoisotopic (exact) mass is 376 g/mol. The van der Waals surface area contributed by atoms with Crippen LogP contribution in [-0.2, 0) is 0 Å². The van der Waals surface area contributed by atoms with E-state index in [0.29, 0.717) is 17.2 Å². The van der Waals surface area contributed by atoms with Gasteiger partial charge in [0.1, 0.15) is 5.82 Å². The lowest BCUT2D eigenvalue weighted by atomic mass is 10.0. The summed E-state index contributed by atoms with van der Waals surface area (Å²) in [5, 5.41) is 5.33. The van der Waals surface area contributed by atoms with E-state index in [1.807, 2.05) is 24.3 Å². The van der Waals surface area contributed by atoms with Crippen LogP contribution in [0.1, 0.15) is 46.0 Å². The van der Waals surface area contributed by atoms with Crippen molar-refractivity contribution in [3.8, 4) is 0 Å². The molecule has 142 valence electrons. The van der Waals surface area contributed by atoms with Gasteiger partial charge in [0, 0.05) is 16.8 Å². The highest BCUT2D eigenvalue weighted by atomic mass is 19.1. The van der Waals surface area contributed by atoms with Gasteiger partial charge >= 0.3 is 0 Å². The van der Waals surface area contributed by atoms with Gasteiger partial charge in [0.05, 0.1) is 5.69 Å². The molecule has 0 spiro atoms. The molecule has 0 fully saturated rings. The first-order valence-electron chi connectivity index (χ1n) is 9.01. The van der Waals surface area contributed by atoms with Crippen LogP contribution in [0.3, 0.4) is 0 Å². The van der Waals surface area contributed by atoms with Gasteiger partial charge in [-0.05, 0) is 53.9 Å². The average molecular weight is 376 g/mol. The molecule has 0 bridgehead atoms. The molecule has 0 radical (unpaired) electrons. The van der Waals surface area contributed by atoms with Crippen molar-refractivity contribution in [2.45, 2.75) is 19.8 Å². The highest BCUT2D eigenvalue weighted by molar-refractivity contribution is 6.08. The third-order valence-corrected chi connectivity index (χ3v) is 4.34. The number of carbonyl (C=O) groups excluding carboxylic acids is 2. The molecule has 3 aromatic carbocycles. The Labute approximate surface area is 163 Å². The van der Waals surface area contributed by atoms with Gasteiger partial charge in [0.2, 0.25) is 0 Å². The minimum absolute atomic E-state index is 0.0904. The van der Waals surface area contributed by atoms with Crippen molar-refractivity contribution in [3.05, 3.63) is 95.3 Å². The summed E-state index contributed by atoms with van der Waals surface area (Å²) in [5.74, 6) is -0.914. The van der Waals surface area contributed by atoms with Crippen LogP contribution in [0.5, 0.6) is 0 Å². The second-order valence-corrected chi connectivity index (χ2v) is 6.75. The maximum Gasteiger partial charge on any atom is 0.255 e. The fraction of sp³-hybridized carbons (Fsp3) is 0.130. The van der Waals surface area contributed by atoms with Crippen LogP contribution in [0.25, 0.3) is 0 Å². The first-order valence-corrected chi connectivity index (χ1v) is 9.01. The second-order valence-electron chi connectivity index (χ2n) is 6.75. The van der Waals surface area contributed by atoms with E-state index in [9.17, 15) is 14.0 Å². The van der Waals surface area contributed by atoms with Crippen molar-refractivity contribution < 1.29 is 14.0 Å².